The fourth-order valence-corrected chi connectivity index (χ4v) is 2.55. The molecule has 20 heavy (non-hydrogen) atoms. The first-order valence-corrected chi connectivity index (χ1v) is 7.17. The van der Waals surface area contributed by atoms with E-state index in [1.54, 1.807) is 30.5 Å². The molecule has 0 saturated carbocycles. The summed E-state index contributed by atoms with van der Waals surface area (Å²) < 4.78 is 0. The lowest BCUT2D eigenvalue weighted by Crippen LogP contribution is -2.00. The van der Waals surface area contributed by atoms with Crippen LogP contribution in [0.3, 0.4) is 0 Å². The Labute approximate surface area is 119 Å². The summed E-state index contributed by atoms with van der Waals surface area (Å²) in [5.74, 6) is 1.49. The molecular formula is C12H13N7S. The van der Waals surface area contributed by atoms with Gasteiger partial charge in [-0.1, -0.05) is 11.8 Å². The first-order valence-electron chi connectivity index (χ1n) is 6.18. The Morgan fingerprint density at radius 3 is 2.90 bits per heavy atom. The summed E-state index contributed by atoms with van der Waals surface area (Å²) in [5, 5.41) is 3.98. The summed E-state index contributed by atoms with van der Waals surface area (Å²) in [6.07, 6.45) is 6.65. The zero-order valence-electron chi connectivity index (χ0n) is 10.9. The molecule has 0 amide bonds. The van der Waals surface area contributed by atoms with Crippen LogP contribution in [0.2, 0.25) is 0 Å². The second-order valence-corrected chi connectivity index (χ2v) is 4.96. The molecule has 0 radical (unpaired) electrons. The van der Waals surface area contributed by atoms with Crippen molar-refractivity contribution < 1.29 is 0 Å². The third-order valence-corrected chi connectivity index (χ3v) is 3.63. The molecule has 0 atom stereocenters. The van der Waals surface area contributed by atoms with E-state index in [0.717, 1.165) is 28.6 Å². The van der Waals surface area contributed by atoms with Gasteiger partial charge in [-0.25, -0.2) is 19.9 Å². The van der Waals surface area contributed by atoms with Crippen molar-refractivity contribution >= 4 is 28.7 Å². The Bertz CT molecular complexity index is 694. The normalized spacial score (nSPS) is 10.8. The third-order valence-electron chi connectivity index (χ3n) is 2.61. The minimum atomic E-state index is 0.677. The van der Waals surface area contributed by atoms with E-state index in [1.165, 1.54) is 6.33 Å². The van der Waals surface area contributed by atoms with Crippen molar-refractivity contribution in [3.8, 4) is 0 Å². The molecule has 3 rings (SSSR count). The molecule has 0 aromatic carbocycles. The average Bonchev–Trinajstić information content (AvgIpc) is 2.96. The van der Waals surface area contributed by atoms with Crippen LogP contribution in [0, 0.1) is 0 Å². The number of anilines is 1. The Morgan fingerprint density at radius 1 is 1.15 bits per heavy atom. The maximum atomic E-state index is 4.37. The number of fused-ring (bicyclic) bond motifs is 1. The second kappa shape index (κ2) is 5.83. The molecule has 8 heteroatoms. The van der Waals surface area contributed by atoms with Gasteiger partial charge in [-0.05, 0) is 6.92 Å². The van der Waals surface area contributed by atoms with Gasteiger partial charge in [-0.3, -0.25) is 4.98 Å². The standard InChI is InChI=1S/C12H13N7S/c1-2-13-9-4-14-8(3-15-9)5-20-12-10-11(17-6-16-10)18-7-19-12/h3-4,6-7H,2,5H2,1H3,(H,13,15)(H,16,17,18,19). The Kier molecular flexibility index (Phi) is 3.73. The van der Waals surface area contributed by atoms with Gasteiger partial charge in [0.1, 0.15) is 22.7 Å². The lowest BCUT2D eigenvalue weighted by Gasteiger charge is -2.03. The number of nitrogens with one attached hydrogen (secondary N) is 2. The highest BCUT2D eigenvalue weighted by Crippen LogP contribution is 2.24. The number of rotatable bonds is 5. The summed E-state index contributed by atoms with van der Waals surface area (Å²) in [5.41, 5.74) is 2.44. The highest BCUT2D eigenvalue weighted by molar-refractivity contribution is 7.98. The van der Waals surface area contributed by atoms with E-state index in [2.05, 4.69) is 35.2 Å². The first-order chi connectivity index (χ1) is 9.86. The van der Waals surface area contributed by atoms with Crippen molar-refractivity contribution in [3.05, 3.63) is 30.7 Å². The molecule has 102 valence electrons. The average molecular weight is 287 g/mol. The van der Waals surface area contributed by atoms with Gasteiger partial charge in [0.25, 0.3) is 0 Å². The number of nitrogens with zero attached hydrogens (tertiary/aromatic N) is 5. The van der Waals surface area contributed by atoms with Gasteiger partial charge in [-0.15, -0.1) is 0 Å². The lowest BCUT2D eigenvalue weighted by molar-refractivity contribution is 1.06. The van der Waals surface area contributed by atoms with Crippen molar-refractivity contribution in [3.63, 3.8) is 0 Å². The van der Waals surface area contributed by atoms with Gasteiger partial charge in [0.15, 0.2) is 5.65 Å². The van der Waals surface area contributed by atoms with E-state index in [-0.39, 0.29) is 0 Å². The number of thioether (sulfide) groups is 1. The highest BCUT2D eigenvalue weighted by Gasteiger charge is 2.07. The van der Waals surface area contributed by atoms with E-state index in [1.807, 2.05) is 6.92 Å². The van der Waals surface area contributed by atoms with Crippen molar-refractivity contribution in [2.75, 3.05) is 11.9 Å². The molecule has 0 fully saturated rings. The summed E-state index contributed by atoms with van der Waals surface area (Å²) in [6.45, 7) is 2.86. The maximum Gasteiger partial charge on any atom is 0.181 e. The number of imidazole rings is 1. The summed E-state index contributed by atoms with van der Waals surface area (Å²) >= 11 is 1.58. The van der Waals surface area contributed by atoms with Crippen molar-refractivity contribution in [1.82, 2.24) is 29.9 Å². The molecule has 3 aromatic heterocycles. The fourth-order valence-electron chi connectivity index (χ4n) is 1.70. The number of hydrogen-bond donors (Lipinski definition) is 2. The summed E-state index contributed by atoms with van der Waals surface area (Å²) in [7, 11) is 0. The molecule has 2 N–H and O–H groups in total. The van der Waals surface area contributed by atoms with Crippen LogP contribution >= 0.6 is 11.8 Å². The molecule has 3 heterocycles. The van der Waals surface area contributed by atoms with E-state index in [4.69, 9.17) is 0 Å². The Hall–Kier alpha value is -2.22. The molecule has 0 saturated heterocycles. The smallest absolute Gasteiger partial charge is 0.181 e. The van der Waals surface area contributed by atoms with Gasteiger partial charge in [0.2, 0.25) is 0 Å². The number of aromatic nitrogens is 6. The molecule has 0 spiro atoms. The van der Waals surface area contributed by atoms with Gasteiger partial charge in [0.05, 0.1) is 24.4 Å². The fraction of sp³-hybridized carbons (Fsp3) is 0.250. The SMILES string of the molecule is CCNc1cnc(CSc2ncnc3nc[nH]c23)cn1. The molecule has 0 bridgehead atoms. The minimum Gasteiger partial charge on any atom is -0.369 e. The highest BCUT2D eigenvalue weighted by atomic mass is 32.2. The minimum absolute atomic E-state index is 0.677. The Morgan fingerprint density at radius 2 is 2.10 bits per heavy atom. The van der Waals surface area contributed by atoms with Crippen LogP contribution in [0.4, 0.5) is 5.82 Å². The topological polar surface area (TPSA) is 92.3 Å². The monoisotopic (exact) mass is 287 g/mol. The number of hydrogen-bond acceptors (Lipinski definition) is 7. The molecule has 0 aliphatic carbocycles. The zero-order chi connectivity index (χ0) is 13.8. The van der Waals surface area contributed by atoms with Crippen LogP contribution in [0.25, 0.3) is 11.2 Å². The third kappa shape index (κ3) is 2.69. The number of aromatic amines is 1. The van der Waals surface area contributed by atoms with Crippen molar-refractivity contribution in [2.24, 2.45) is 0 Å². The summed E-state index contributed by atoms with van der Waals surface area (Å²) in [4.78, 5) is 24.2. The van der Waals surface area contributed by atoms with Gasteiger partial charge in [0, 0.05) is 12.3 Å². The van der Waals surface area contributed by atoms with Crippen molar-refractivity contribution in [2.45, 2.75) is 17.7 Å². The van der Waals surface area contributed by atoms with E-state index >= 15 is 0 Å². The van der Waals surface area contributed by atoms with Crippen LogP contribution in [-0.4, -0.2) is 36.4 Å². The number of H-pyrrole nitrogens is 1. The zero-order valence-corrected chi connectivity index (χ0v) is 11.7. The van der Waals surface area contributed by atoms with Gasteiger partial charge < -0.3 is 10.3 Å². The van der Waals surface area contributed by atoms with Crippen LogP contribution in [-0.2, 0) is 5.75 Å². The van der Waals surface area contributed by atoms with Gasteiger partial charge in [-0.2, -0.15) is 0 Å². The van der Waals surface area contributed by atoms with Crippen LogP contribution in [0.5, 0.6) is 0 Å². The molecular weight excluding hydrogens is 274 g/mol. The first kappa shape index (κ1) is 12.8. The summed E-state index contributed by atoms with van der Waals surface area (Å²) in [6, 6.07) is 0. The molecule has 0 unspecified atom stereocenters. The van der Waals surface area contributed by atoms with Gasteiger partial charge >= 0.3 is 0 Å². The van der Waals surface area contributed by atoms with E-state index in [9.17, 15) is 0 Å². The molecule has 0 aliphatic heterocycles. The molecule has 7 nitrogen and oxygen atoms in total. The van der Waals surface area contributed by atoms with Crippen LogP contribution in [0.15, 0.2) is 30.1 Å². The van der Waals surface area contributed by atoms with Crippen LogP contribution < -0.4 is 5.32 Å². The molecule has 3 aromatic rings. The maximum absolute atomic E-state index is 4.37. The van der Waals surface area contributed by atoms with E-state index in [0.29, 0.717) is 11.4 Å². The van der Waals surface area contributed by atoms with E-state index < -0.39 is 0 Å². The molecule has 0 aliphatic rings. The second-order valence-electron chi connectivity index (χ2n) is 3.99. The van der Waals surface area contributed by atoms with Crippen molar-refractivity contribution in [1.29, 1.82) is 0 Å². The predicted molar refractivity (Wildman–Crippen MR) is 77.4 cm³/mol. The lowest BCUT2D eigenvalue weighted by atomic mass is 10.5. The predicted octanol–water partition coefficient (Wildman–Crippen LogP) is 1.87. The quantitative estimate of drug-likeness (QED) is 0.546. The van der Waals surface area contributed by atoms with Crippen LogP contribution in [0.1, 0.15) is 12.6 Å². The Balaban J connectivity index is 1.71. The largest absolute Gasteiger partial charge is 0.369 e.